The van der Waals surface area contributed by atoms with Gasteiger partial charge in [-0.25, -0.2) is 4.79 Å². The van der Waals surface area contributed by atoms with Crippen LogP contribution in [0.1, 0.15) is 11.7 Å². The zero-order valence-electron chi connectivity index (χ0n) is 7.29. The molecule has 14 heavy (non-hydrogen) atoms. The quantitative estimate of drug-likeness (QED) is 0.672. The van der Waals surface area contributed by atoms with Gasteiger partial charge in [0.15, 0.2) is 0 Å². The van der Waals surface area contributed by atoms with Crippen LogP contribution < -0.4 is 0 Å². The Labute approximate surface area is 80.2 Å². The molecule has 1 heterocycles. The minimum absolute atomic E-state index is 0.187. The number of nitroso groups, excluding NO2 is 1. The van der Waals surface area contributed by atoms with Crippen LogP contribution in [-0.4, -0.2) is 17.6 Å². The third kappa shape index (κ3) is 1.44. The predicted molar refractivity (Wildman–Crippen MR) is 48.2 cm³/mol. The summed E-state index contributed by atoms with van der Waals surface area (Å²) in [7, 11) is 0. The maximum atomic E-state index is 11.0. The number of rotatable bonds is 2. The third-order valence-corrected chi connectivity index (χ3v) is 2.06. The third-order valence-electron chi connectivity index (χ3n) is 2.06. The normalized spacial score (nSPS) is 20.7. The van der Waals surface area contributed by atoms with E-state index >= 15 is 0 Å². The zero-order valence-corrected chi connectivity index (χ0v) is 7.29. The van der Waals surface area contributed by atoms with Gasteiger partial charge in [-0.05, 0) is 5.56 Å². The monoisotopic (exact) mass is 192 g/mol. The molecule has 1 aromatic carbocycles. The van der Waals surface area contributed by atoms with Gasteiger partial charge >= 0.3 is 6.09 Å². The molecule has 0 spiro atoms. The smallest absolute Gasteiger partial charge is 0.433 e. The van der Waals surface area contributed by atoms with Crippen molar-refractivity contribution in [1.82, 2.24) is 5.01 Å². The van der Waals surface area contributed by atoms with Crippen molar-refractivity contribution in [2.45, 2.75) is 6.10 Å². The summed E-state index contributed by atoms with van der Waals surface area (Å²) >= 11 is 0. The van der Waals surface area contributed by atoms with Crippen LogP contribution in [0.25, 0.3) is 0 Å². The molecular formula is C9H8N2O3. The molecule has 1 aromatic rings. The van der Waals surface area contributed by atoms with E-state index in [2.05, 4.69) is 5.29 Å². The van der Waals surface area contributed by atoms with Crippen LogP contribution >= 0.6 is 0 Å². The summed E-state index contributed by atoms with van der Waals surface area (Å²) in [6.45, 7) is 0.187. The fraction of sp³-hybridized carbons (Fsp3) is 0.222. The molecule has 2 rings (SSSR count). The number of benzene rings is 1. The summed E-state index contributed by atoms with van der Waals surface area (Å²) in [5, 5.41) is 3.33. The second-order valence-corrected chi connectivity index (χ2v) is 2.95. The average Bonchev–Trinajstić information content (AvgIpc) is 2.61. The lowest BCUT2D eigenvalue weighted by Crippen LogP contribution is -2.16. The molecule has 1 aliphatic heterocycles. The Morgan fingerprint density at radius 3 is 2.64 bits per heavy atom. The Kier molecular flexibility index (Phi) is 2.14. The minimum Gasteiger partial charge on any atom is -0.438 e. The van der Waals surface area contributed by atoms with Crippen molar-refractivity contribution in [2.75, 3.05) is 6.54 Å². The Bertz CT molecular complexity index is 352. The molecule has 0 radical (unpaired) electrons. The number of carbonyl (C=O) groups excluding carboxylic acids is 1. The first-order chi connectivity index (χ1) is 6.81. The van der Waals surface area contributed by atoms with Crippen LogP contribution in [0.15, 0.2) is 35.6 Å². The minimum atomic E-state index is -0.686. The first kappa shape index (κ1) is 8.68. The van der Waals surface area contributed by atoms with E-state index in [1.54, 1.807) is 0 Å². The Hall–Kier alpha value is -1.91. The lowest BCUT2D eigenvalue weighted by molar-refractivity contribution is 0.133. The number of nitrogens with zero attached hydrogens (tertiary/aromatic N) is 2. The molecule has 1 atom stereocenters. The van der Waals surface area contributed by atoms with E-state index in [9.17, 15) is 9.70 Å². The highest BCUT2D eigenvalue weighted by Gasteiger charge is 2.33. The van der Waals surface area contributed by atoms with Crippen LogP contribution in [0, 0.1) is 4.91 Å². The number of carbonyl (C=O) groups is 1. The molecule has 1 fully saturated rings. The first-order valence-corrected chi connectivity index (χ1v) is 4.17. The maximum Gasteiger partial charge on any atom is 0.433 e. The Morgan fingerprint density at radius 2 is 2.07 bits per heavy atom. The predicted octanol–water partition coefficient (Wildman–Crippen LogP) is 1.86. The molecule has 0 saturated carbocycles. The molecule has 1 aliphatic rings. The van der Waals surface area contributed by atoms with Crippen molar-refractivity contribution in [3.8, 4) is 0 Å². The van der Waals surface area contributed by atoms with E-state index in [-0.39, 0.29) is 12.6 Å². The van der Waals surface area contributed by atoms with Crippen LogP contribution in [0.3, 0.4) is 0 Å². The van der Waals surface area contributed by atoms with Gasteiger partial charge in [0.2, 0.25) is 0 Å². The van der Waals surface area contributed by atoms with E-state index in [1.807, 2.05) is 30.3 Å². The molecule has 0 aromatic heterocycles. The van der Waals surface area contributed by atoms with Gasteiger partial charge < -0.3 is 4.74 Å². The van der Waals surface area contributed by atoms with Crippen molar-refractivity contribution in [2.24, 2.45) is 5.29 Å². The molecular weight excluding hydrogens is 184 g/mol. The van der Waals surface area contributed by atoms with Gasteiger partial charge in [-0.3, -0.25) is 0 Å². The van der Waals surface area contributed by atoms with E-state index in [1.165, 1.54) is 0 Å². The average molecular weight is 192 g/mol. The fourth-order valence-electron chi connectivity index (χ4n) is 1.36. The Morgan fingerprint density at radius 1 is 1.36 bits per heavy atom. The Balaban J connectivity index is 2.16. The van der Waals surface area contributed by atoms with Gasteiger partial charge in [0, 0.05) is 0 Å². The maximum absolute atomic E-state index is 11.0. The van der Waals surface area contributed by atoms with Crippen molar-refractivity contribution >= 4 is 6.09 Å². The second-order valence-electron chi connectivity index (χ2n) is 2.95. The highest BCUT2D eigenvalue weighted by atomic mass is 16.6. The summed E-state index contributed by atoms with van der Waals surface area (Å²) < 4.78 is 4.94. The number of hydrogen-bond donors (Lipinski definition) is 0. The standard InChI is InChI=1S/C9H8N2O3/c12-9-11(10-13)6-8(14-9)7-4-2-1-3-5-7/h1-5,8H,6H2. The number of amides is 1. The highest BCUT2D eigenvalue weighted by Crippen LogP contribution is 2.25. The summed E-state index contributed by atoms with van der Waals surface area (Å²) in [6.07, 6.45) is -1.07. The largest absolute Gasteiger partial charge is 0.438 e. The second kappa shape index (κ2) is 3.45. The molecule has 0 N–H and O–H groups in total. The number of cyclic esters (lactones) is 1. The lowest BCUT2D eigenvalue weighted by atomic mass is 10.1. The summed E-state index contributed by atoms with van der Waals surface area (Å²) in [5.74, 6) is 0. The fourth-order valence-corrected chi connectivity index (χ4v) is 1.36. The SMILES string of the molecule is O=NN1CC(c2ccccc2)OC1=O. The molecule has 0 aliphatic carbocycles. The summed E-state index contributed by atoms with van der Waals surface area (Å²) in [5.41, 5.74) is 0.868. The van der Waals surface area contributed by atoms with Gasteiger partial charge in [-0.2, -0.15) is 5.01 Å². The van der Waals surface area contributed by atoms with Crippen LogP contribution in [0.2, 0.25) is 0 Å². The number of hydrogen-bond acceptors (Lipinski definition) is 4. The van der Waals surface area contributed by atoms with Crippen LogP contribution in [-0.2, 0) is 4.74 Å². The number of ether oxygens (including phenoxy) is 1. The van der Waals surface area contributed by atoms with Crippen molar-refractivity contribution < 1.29 is 9.53 Å². The van der Waals surface area contributed by atoms with Gasteiger partial charge in [0.1, 0.15) is 6.10 Å². The van der Waals surface area contributed by atoms with Gasteiger partial charge in [-0.1, -0.05) is 30.3 Å². The first-order valence-electron chi connectivity index (χ1n) is 4.17. The van der Waals surface area contributed by atoms with E-state index in [4.69, 9.17) is 4.74 Å². The molecule has 5 heteroatoms. The molecule has 72 valence electrons. The molecule has 1 saturated heterocycles. The van der Waals surface area contributed by atoms with Crippen molar-refractivity contribution in [1.29, 1.82) is 0 Å². The lowest BCUT2D eigenvalue weighted by Gasteiger charge is -2.06. The van der Waals surface area contributed by atoms with Crippen LogP contribution in [0.5, 0.6) is 0 Å². The van der Waals surface area contributed by atoms with Gasteiger partial charge in [0.05, 0.1) is 11.8 Å². The zero-order chi connectivity index (χ0) is 9.97. The van der Waals surface area contributed by atoms with Gasteiger partial charge in [-0.15, -0.1) is 4.91 Å². The molecule has 1 amide bonds. The molecule has 1 unspecified atom stereocenters. The highest BCUT2D eigenvalue weighted by molar-refractivity contribution is 5.69. The summed E-state index contributed by atoms with van der Waals surface area (Å²) in [6, 6.07) is 9.24. The molecule has 5 nitrogen and oxygen atoms in total. The van der Waals surface area contributed by atoms with E-state index in [0.717, 1.165) is 10.6 Å². The molecule has 0 bridgehead atoms. The van der Waals surface area contributed by atoms with Crippen molar-refractivity contribution in [3.63, 3.8) is 0 Å². The summed E-state index contributed by atoms with van der Waals surface area (Å²) in [4.78, 5) is 21.2. The van der Waals surface area contributed by atoms with E-state index < -0.39 is 6.09 Å². The van der Waals surface area contributed by atoms with Crippen molar-refractivity contribution in [3.05, 3.63) is 40.8 Å². The van der Waals surface area contributed by atoms with Crippen LogP contribution in [0.4, 0.5) is 4.79 Å². The van der Waals surface area contributed by atoms with E-state index in [0.29, 0.717) is 0 Å². The van der Waals surface area contributed by atoms with Gasteiger partial charge in [0.25, 0.3) is 0 Å². The topological polar surface area (TPSA) is 59.0 Å².